The van der Waals surface area contributed by atoms with Crippen LogP contribution < -0.4 is 5.32 Å². The Kier molecular flexibility index (Phi) is 4.13. The number of carboxylic acids is 1. The molecule has 110 valence electrons. The van der Waals surface area contributed by atoms with Crippen molar-refractivity contribution in [2.75, 3.05) is 20.6 Å². The van der Waals surface area contributed by atoms with E-state index in [9.17, 15) is 9.59 Å². The van der Waals surface area contributed by atoms with Crippen LogP contribution in [0.4, 0.5) is 0 Å². The number of nitrogens with zero attached hydrogens (tertiary/aromatic N) is 2. The van der Waals surface area contributed by atoms with E-state index < -0.39 is 5.97 Å². The van der Waals surface area contributed by atoms with Gasteiger partial charge in [0.2, 0.25) is 0 Å². The number of aliphatic carboxylic acids is 1. The first-order valence-corrected chi connectivity index (χ1v) is 6.77. The maximum absolute atomic E-state index is 12.2. The van der Waals surface area contributed by atoms with E-state index in [0.29, 0.717) is 12.2 Å². The predicted molar refractivity (Wildman–Crippen MR) is 74.7 cm³/mol. The monoisotopic (exact) mass is 279 g/mol. The molecule has 1 aliphatic carbocycles. The zero-order valence-corrected chi connectivity index (χ0v) is 11.9. The van der Waals surface area contributed by atoms with E-state index in [0.717, 1.165) is 12.8 Å². The number of likely N-dealkylation sites (N-methyl/N-ethyl adjacent to an activating group) is 1. The van der Waals surface area contributed by atoms with E-state index in [2.05, 4.69) is 10.2 Å². The van der Waals surface area contributed by atoms with Gasteiger partial charge in [0, 0.05) is 18.3 Å². The lowest BCUT2D eigenvalue weighted by molar-refractivity contribution is -0.137. The van der Waals surface area contributed by atoms with Gasteiger partial charge < -0.3 is 19.9 Å². The van der Waals surface area contributed by atoms with E-state index in [-0.39, 0.29) is 18.0 Å². The standard InChI is InChI=1S/C14H21N3O3/c1-16(2)14(6-4-7-14)10-15-13(20)11-5-3-8-17(11)9-12(18)19/h3,5,8H,4,6-7,9-10H2,1-2H3,(H,15,20)(H,18,19). The highest BCUT2D eigenvalue weighted by Gasteiger charge is 2.39. The van der Waals surface area contributed by atoms with Gasteiger partial charge in [-0.15, -0.1) is 0 Å². The topological polar surface area (TPSA) is 74.6 Å². The number of aromatic nitrogens is 1. The fourth-order valence-electron chi connectivity index (χ4n) is 2.61. The highest BCUT2D eigenvalue weighted by molar-refractivity contribution is 5.93. The van der Waals surface area contributed by atoms with Crippen molar-refractivity contribution in [3.05, 3.63) is 24.0 Å². The van der Waals surface area contributed by atoms with E-state index >= 15 is 0 Å². The summed E-state index contributed by atoms with van der Waals surface area (Å²) >= 11 is 0. The minimum absolute atomic E-state index is 0.0554. The average Bonchev–Trinajstić information content (AvgIpc) is 2.74. The number of hydrogen-bond acceptors (Lipinski definition) is 3. The van der Waals surface area contributed by atoms with Crippen molar-refractivity contribution in [1.29, 1.82) is 0 Å². The minimum Gasteiger partial charge on any atom is -0.480 e. The van der Waals surface area contributed by atoms with Crippen molar-refractivity contribution in [3.8, 4) is 0 Å². The Hall–Kier alpha value is -1.82. The summed E-state index contributed by atoms with van der Waals surface area (Å²) in [4.78, 5) is 25.1. The van der Waals surface area contributed by atoms with Gasteiger partial charge >= 0.3 is 5.97 Å². The third-order valence-corrected chi connectivity index (χ3v) is 4.18. The highest BCUT2D eigenvalue weighted by Crippen LogP contribution is 2.35. The summed E-state index contributed by atoms with van der Waals surface area (Å²) in [7, 11) is 4.05. The molecule has 0 aromatic carbocycles. The zero-order chi connectivity index (χ0) is 14.8. The summed E-state index contributed by atoms with van der Waals surface area (Å²) in [6.45, 7) is 0.395. The molecule has 1 aliphatic rings. The Labute approximate surface area is 118 Å². The largest absolute Gasteiger partial charge is 0.480 e. The second-order valence-electron chi connectivity index (χ2n) is 5.57. The van der Waals surface area contributed by atoms with Gasteiger partial charge in [-0.05, 0) is 45.5 Å². The van der Waals surface area contributed by atoms with Crippen molar-refractivity contribution in [1.82, 2.24) is 14.8 Å². The van der Waals surface area contributed by atoms with Gasteiger partial charge in [0.1, 0.15) is 12.2 Å². The van der Waals surface area contributed by atoms with E-state index in [4.69, 9.17) is 5.11 Å². The molecule has 6 nitrogen and oxygen atoms in total. The molecule has 20 heavy (non-hydrogen) atoms. The molecule has 0 spiro atoms. The Morgan fingerprint density at radius 3 is 2.65 bits per heavy atom. The molecular weight excluding hydrogens is 258 g/mol. The van der Waals surface area contributed by atoms with Crippen LogP contribution in [0.15, 0.2) is 18.3 Å². The lowest BCUT2D eigenvalue weighted by Crippen LogP contribution is -2.57. The third kappa shape index (κ3) is 2.85. The first kappa shape index (κ1) is 14.6. The van der Waals surface area contributed by atoms with E-state index in [1.54, 1.807) is 18.3 Å². The second-order valence-corrected chi connectivity index (χ2v) is 5.57. The molecular formula is C14H21N3O3. The summed E-state index contributed by atoms with van der Waals surface area (Å²) < 4.78 is 1.45. The first-order valence-electron chi connectivity index (χ1n) is 6.77. The molecule has 0 radical (unpaired) electrons. The Morgan fingerprint density at radius 2 is 2.15 bits per heavy atom. The third-order valence-electron chi connectivity index (χ3n) is 4.18. The number of hydrogen-bond donors (Lipinski definition) is 2. The van der Waals surface area contributed by atoms with Gasteiger partial charge in [0.15, 0.2) is 0 Å². The summed E-state index contributed by atoms with van der Waals surface area (Å²) in [5.74, 6) is -1.18. The van der Waals surface area contributed by atoms with Crippen LogP contribution in [0.3, 0.4) is 0 Å². The van der Waals surface area contributed by atoms with Crippen LogP contribution in [0, 0.1) is 0 Å². The van der Waals surface area contributed by atoms with Gasteiger partial charge in [0.25, 0.3) is 5.91 Å². The molecule has 0 saturated heterocycles. The lowest BCUT2D eigenvalue weighted by Gasteiger charge is -2.47. The summed E-state index contributed by atoms with van der Waals surface area (Å²) in [5, 5.41) is 11.7. The van der Waals surface area contributed by atoms with Crippen LogP contribution in [0.5, 0.6) is 0 Å². The van der Waals surface area contributed by atoms with Crippen LogP contribution in [-0.2, 0) is 11.3 Å². The van der Waals surface area contributed by atoms with Gasteiger partial charge in [-0.1, -0.05) is 0 Å². The average molecular weight is 279 g/mol. The Balaban J connectivity index is 1.98. The van der Waals surface area contributed by atoms with Crippen LogP contribution in [0.25, 0.3) is 0 Å². The van der Waals surface area contributed by atoms with Crippen LogP contribution in [0.1, 0.15) is 29.8 Å². The first-order chi connectivity index (χ1) is 9.44. The van der Waals surface area contributed by atoms with E-state index in [1.165, 1.54) is 11.0 Å². The SMILES string of the molecule is CN(C)C1(CNC(=O)c2cccn2CC(=O)O)CCC1. The van der Waals surface area contributed by atoms with Crippen molar-refractivity contribution in [2.24, 2.45) is 0 Å². The predicted octanol–water partition coefficient (Wildman–Crippen LogP) is 0.787. The van der Waals surface area contributed by atoms with Crippen LogP contribution >= 0.6 is 0 Å². The molecule has 6 heteroatoms. The number of rotatable bonds is 6. The van der Waals surface area contributed by atoms with Crippen molar-refractivity contribution >= 4 is 11.9 Å². The smallest absolute Gasteiger partial charge is 0.323 e. The quantitative estimate of drug-likeness (QED) is 0.807. The molecule has 1 aromatic heterocycles. The maximum atomic E-state index is 12.2. The van der Waals surface area contributed by atoms with Crippen molar-refractivity contribution < 1.29 is 14.7 Å². The fourth-order valence-corrected chi connectivity index (χ4v) is 2.61. The Morgan fingerprint density at radius 1 is 1.45 bits per heavy atom. The molecule has 0 bridgehead atoms. The van der Waals surface area contributed by atoms with E-state index in [1.807, 2.05) is 14.1 Å². The van der Waals surface area contributed by atoms with Gasteiger partial charge in [-0.3, -0.25) is 9.59 Å². The number of carbonyl (C=O) groups is 2. The maximum Gasteiger partial charge on any atom is 0.323 e. The molecule has 0 atom stereocenters. The molecule has 1 saturated carbocycles. The molecule has 1 heterocycles. The summed E-state index contributed by atoms with van der Waals surface area (Å²) in [6.07, 6.45) is 4.95. The fraction of sp³-hybridized carbons (Fsp3) is 0.571. The molecule has 1 fully saturated rings. The van der Waals surface area contributed by atoms with Crippen molar-refractivity contribution in [2.45, 2.75) is 31.3 Å². The minimum atomic E-state index is -0.959. The van der Waals surface area contributed by atoms with Gasteiger partial charge in [-0.2, -0.15) is 0 Å². The van der Waals surface area contributed by atoms with Gasteiger partial charge in [-0.25, -0.2) is 0 Å². The summed E-state index contributed by atoms with van der Waals surface area (Å²) in [5.41, 5.74) is 0.445. The molecule has 1 aromatic rings. The normalized spacial score (nSPS) is 16.8. The molecule has 2 rings (SSSR count). The highest BCUT2D eigenvalue weighted by atomic mass is 16.4. The Bertz CT molecular complexity index is 504. The second kappa shape index (κ2) is 5.66. The number of nitrogens with one attached hydrogen (secondary N) is 1. The number of carboxylic acid groups (broad SMARTS) is 1. The lowest BCUT2D eigenvalue weighted by atomic mass is 9.75. The number of carbonyl (C=O) groups excluding carboxylic acids is 1. The zero-order valence-electron chi connectivity index (χ0n) is 11.9. The van der Waals surface area contributed by atoms with Gasteiger partial charge in [0.05, 0.1) is 0 Å². The number of amides is 1. The van der Waals surface area contributed by atoms with Crippen LogP contribution in [0.2, 0.25) is 0 Å². The molecule has 0 unspecified atom stereocenters. The molecule has 2 N–H and O–H groups in total. The molecule has 1 amide bonds. The van der Waals surface area contributed by atoms with Crippen LogP contribution in [-0.4, -0.2) is 52.6 Å². The summed E-state index contributed by atoms with van der Waals surface area (Å²) in [6, 6.07) is 3.32. The molecule has 0 aliphatic heterocycles. The van der Waals surface area contributed by atoms with Crippen molar-refractivity contribution in [3.63, 3.8) is 0 Å².